The summed E-state index contributed by atoms with van der Waals surface area (Å²) in [5.41, 5.74) is -0.740. The summed E-state index contributed by atoms with van der Waals surface area (Å²) in [4.78, 5) is 26.8. The molecule has 1 saturated heterocycles. The molecule has 1 N–H and O–H groups in total. The Morgan fingerprint density at radius 2 is 1.84 bits per heavy atom. The van der Waals surface area contributed by atoms with E-state index in [1.165, 1.54) is 0 Å². The number of carbonyl (C=O) groups is 2. The zero-order valence-corrected chi connectivity index (χ0v) is 13.1. The number of nitrogens with one attached hydrogen (secondary N) is 1. The zero-order valence-electron chi connectivity index (χ0n) is 13.1. The number of hydrogen-bond donors (Lipinski definition) is 1. The largest absolute Gasteiger partial charge is 0.340 e. The molecule has 1 fully saturated rings. The quantitative estimate of drug-likeness (QED) is 0.831. The minimum Gasteiger partial charge on any atom is -0.340 e. The van der Waals surface area contributed by atoms with Gasteiger partial charge < -0.3 is 10.2 Å². The Balaban J connectivity index is 3.07. The second-order valence-electron chi connectivity index (χ2n) is 6.33. The van der Waals surface area contributed by atoms with Crippen molar-refractivity contribution in [1.29, 1.82) is 0 Å². The molecule has 4 nitrogen and oxygen atoms in total. The molecule has 1 rings (SSSR count). The lowest BCUT2D eigenvalue weighted by molar-refractivity contribution is -0.157. The second-order valence-corrected chi connectivity index (χ2v) is 6.33. The highest BCUT2D eigenvalue weighted by Gasteiger charge is 2.47. The van der Waals surface area contributed by atoms with Gasteiger partial charge in [-0.15, -0.1) is 0 Å². The first kappa shape index (κ1) is 16.0. The molecule has 0 aromatic heterocycles. The molecular formula is C15H28N2O2. The molecule has 0 aliphatic carbocycles. The number of carbonyl (C=O) groups excluding carboxylic acids is 2. The van der Waals surface area contributed by atoms with Gasteiger partial charge in [-0.2, -0.15) is 0 Å². The van der Waals surface area contributed by atoms with E-state index < -0.39 is 5.54 Å². The Morgan fingerprint density at radius 3 is 2.26 bits per heavy atom. The van der Waals surface area contributed by atoms with E-state index in [1.807, 2.05) is 27.7 Å². The Labute approximate surface area is 116 Å². The highest BCUT2D eigenvalue weighted by molar-refractivity contribution is 5.99. The van der Waals surface area contributed by atoms with Gasteiger partial charge in [-0.1, -0.05) is 41.0 Å². The number of hydrogen-bond acceptors (Lipinski definition) is 2. The molecule has 0 saturated carbocycles. The standard InChI is InChI=1S/C15H28N2O2/c1-7-11(5)9-17-12(10(3)4)13(18)16-15(6,8-2)14(17)19/h10-12H,7-9H2,1-6H3,(H,16,18). The van der Waals surface area contributed by atoms with Crippen molar-refractivity contribution < 1.29 is 9.59 Å². The molecule has 0 aromatic carbocycles. The number of rotatable bonds is 5. The number of amides is 2. The highest BCUT2D eigenvalue weighted by Crippen LogP contribution is 2.26. The maximum atomic E-state index is 12.7. The Morgan fingerprint density at radius 1 is 1.26 bits per heavy atom. The van der Waals surface area contributed by atoms with Crippen LogP contribution in [0.2, 0.25) is 0 Å². The predicted octanol–water partition coefficient (Wildman–Crippen LogP) is 2.18. The van der Waals surface area contributed by atoms with E-state index in [1.54, 1.807) is 4.90 Å². The maximum absolute atomic E-state index is 12.7. The van der Waals surface area contributed by atoms with E-state index in [2.05, 4.69) is 19.2 Å². The zero-order chi connectivity index (χ0) is 14.8. The molecule has 3 unspecified atom stereocenters. The van der Waals surface area contributed by atoms with E-state index >= 15 is 0 Å². The fourth-order valence-electron chi connectivity index (χ4n) is 2.55. The van der Waals surface area contributed by atoms with Gasteiger partial charge in [0, 0.05) is 6.54 Å². The van der Waals surface area contributed by atoms with Crippen molar-refractivity contribution >= 4 is 11.8 Å². The van der Waals surface area contributed by atoms with Gasteiger partial charge in [0.05, 0.1) is 0 Å². The Bertz CT molecular complexity index is 354. The molecule has 2 amide bonds. The van der Waals surface area contributed by atoms with Gasteiger partial charge >= 0.3 is 0 Å². The molecular weight excluding hydrogens is 240 g/mol. The number of piperazine rings is 1. The van der Waals surface area contributed by atoms with Crippen LogP contribution in [0.1, 0.15) is 54.4 Å². The van der Waals surface area contributed by atoms with Crippen LogP contribution in [0.4, 0.5) is 0 Å². The maximum Gasteiger partial charge on any atom is 0.248 e. The molecule has 0 bridgehead atoms. The van der Waals surface area contributed by atoms with E-state index in [0.29, 0.717) is 18.9 Å². The summed E-state index contributed by atoms with van der Waals surface area (Å²) < 4.78 is 0. The first-order valence-electron chi connectivity index (χ1n) is 7.39. The highest BCUT2D eigenvalue weighted by atomic mass is 16.2. The summed E-state index contributed by atoms with van der Waals surface area (Å²) in [7, 11) is 0. The van der Waals surface area contributed by atoms with Crippen molar-refractivity contribution in [2.75, 3.05) is 6.54 Å². The predicted molar refractivity (Wildman–Crippen MR) is 76.6 cm³/mol. The average Bonchev–Trinajstić information content (AvgIpc) is 2.34. The van der Waals surface area contributed by atoms with E-state index in [0.717, 1.165) is 6.42 Å². The SMILES string of the molecule is CCC(C)CN1C(=O)C(C)(CC)NC(=O)C1C(C)C. The third-order valence-corrected chi connectivity index (χ3v) is 4.28. The van der Waals surface area contributed by atoms with Crippen LogP contribution >= 0.6 is 0 Å². The molecule has 0 aromatic rings. The normalized spacial score (nSPS) is 29.6. The Hall–Kier alpha value is -1.06. The van der Waals surface area contributed by atoms with Crippen LogP contribution in [0, 0.1) is 11.8 Å². The van der Waals surface area contributed by atoms with Gasteiger partial charge in [0.1, 0.15) is 11.6 Å². The van der Waals surface area contributed by atoms with Crippen LogP contribution in [-0.4, -0.2) is 34.8 Å². The summed E-state index contributed by atoms with van der Waals surface area (Å²) >= 11 is 0. The summed E-state index contributed by atoms with van der Waals surface area (Å²) in [6.07, 6.45) is 1.64. The van der Waals surface area contributed by atoms with Crippen LogP contribution in [-0.2, 0) is 9.59 Å². The first-order valence-corrected chi connectivity index (χ1v) is 7.39. The van der Waals surface area contributed by atoms with Crippen LogP contribution in [0.15, 0.2) is 0 Å². The van der Waals surface area contributed by atoms with Crippen molar-refractivity contribution in [2.45, 2.75) is 66.0 Å². The lowest BCUT2D eigenvalue weighted by atomic mass is 9.87. The van der Waals surface area contributed by atoms with E-state index in [9.17, 15) is 9.59 Å². The number of nitrogens with zero attached hydrogens (tertiary/aromatic N) is 1. The van der Waals surface area contributed by atoms with Gasteiger partial charge in [0.25, 0.3) is 0 Å². The molecule has 1 heterocycles. The van der Waals surface area contributed by atoms with E-state index in [4.69, 9.17) is 0 Å². The average molecular weight is 268 g/mol. The van der Waals surface area contributed by atoms with Gasteiger partial charge in [0.15, 0.2) is 0 Å². The van der Waals surface area contributed by atoms with Gasteiger partial charge in [-0.25, -0.2) is 0 Å². The second kappa shape index (κ2) is 5.93. The topological polar surface area (TPSA) is 49.4 Å². The third-order valence-electron chi connectivity index (χ3n) is 4.28. The molecule has 3 atom stereocenters. The van der Waals surface area contributed by atoms with Crippen LogP contribution in [0.3, 0.4) is 0 Å². The minimum absolute atomic E-state index is 0.0118. The summed E-state index contributed by atoms with van der Waals surface area (Å²) in [5.74, 6) is 0.600. The fraction of sp³-hybridized carbons (Fsp3) is 0.867. The molecule has 0 radical (unpaired) electrons. The van der Waals surface area contributed by atoms with Gasteiger partial charge in [-0.05, 0) is 25.2 Å². The van der Waals surface area contributed by atoms with Crippen molar-refractivity contribution in [2.24, 2.45) is 11.8 Å². The summed E-state index contributed by atoms with van der Waals surface area (Å²) in [6, 6.07) is -0.332. The first-order chi connectivity index (χ1) is 8.76. The Kier molecular flexibility index (Phi) is 4.99. The van der Waals surface area contributed by atoms with Crippen LogP contribution in [0.5, 0.6) is 0 Å². The minimum atomic E-state index is -0.740. The van der Waals surface area contributed by atoms with Crippen molar-refractivity contribution in [3.8, 4) is 0 Å². The van der Waals surface area contributed by atoms with Gasteiger partial charge in [0.2, 0.25) is 11.8 Å². The molecule has 1 aliphatic heterocycles. The molecule has 110 valence electrons. The summed E-state index contributed by atoms with van der Waals surface area (Å²) in [6.45, 7) is 12.7. The van der Waals surface area contributed by atoms with Crippen molar-refractivity contribution in [3.05, 3.63) is 0 Å². The third kappa shape index (κ3) is 3.10. The van der Waals surface area contributed by atoms with Crippen LogP contribution < -0.4 is 5.32 Å². The van der Waals surface area contributed by atoms with Crippen molar-refractivity contribution in [1.82, 2.24) is 10.2 Å². The molecule has 19 heavy (non-hydrogen) atoms. The summed E-state index contributed by atoms with van der Waals surface area (Å²) in [5, 5.41) is 2.91. The van der Waals surface area contributed by atoms with Gasteiger partial charge in [-0.3, -0.25) is 9.59 Å². The lowest BCUT2D eigenvalue weighted by Crippen LogP contribution is -2.70. The molecule has 0 spiro atoms. The molecule has 1 aliphatic rings. The monoisotopic (exact) mass is 268 g/mol. The smallest absolute Gasteiger partial charge is 0.248 e. The molecule has 4 heteroatoms. The fourth-order valence-corrected chi connectivity index (χ4v) is 2.55. The van der Waals surface area contributed by atoms with Crippen molar-refractivity contribution in [3.63, 3.8) is 0 Å². The van der Waals surface area contributed by atoms with Crippen LogP contribution in [0.25, 0.3) is 0 Å². The van der Waals surface area contributed by atoms with E-state index in [-0.39, 0.29) is 23.8 Å². The lowest BCUT2D eigenvalue weighted by Gasteiger charge is -2.46.